The smallest absolute Gasteiger partial charge is 0.415 e. The van der Waals surface area contributed by atoms with Crippen LogP contribution in [0.25, 0.3) is 16.4 Å². The molecule has 6 rings (SSSR count). The highest BCUT2D eigenvalue weighted by Gasteiger charge is 2.36. The van der Waals surface area contributed by atoms with Gasteiger partial charge in [0.1, 0.15) is 22.8 Å². The summed E-state index contributed by atoms with van der Waals surface area (Å²) in [6, 6.07) is 16.8. The van der Waals surface area contributed by atoms with Gasteiger partial charge < -0.3 is 39.2 Å². The molecule has 0 spiro atoms. The normalized spacial score (nSPS) is 13.9. The summed E-state index contributed by atoms with van der Waals surface area (Å²) in [7, 11) is 0. The van der Waals surface area contributed by atoms with Gasteiger partial charge in [-0.2, -0.15) is 0 Å². The van der Waals surface area contributed by atoms with E-state index in [2.05, 4.69) is 10.3 Å². The molecule has 12 nitrogen and oxygen atoms in total. The number of carbonyl (C=O) groups excluding carboxylic acids is 3. The van der Waals surface area contributed by atoms with Crippen molar-refractivity contribution in [1.82, 2.24) is 14.3 Å². The van der Waals surface area contributed by atoms with Gasteiger partial charge in [-0.25, -0.2) is 9.78 Å². The summed E-state index contributed by atoms with van der Waals surface area (Å²) < 4.78 is 13.0. The quantitative estimate of drug-likeness (QED) is 0.121. The predicted octanol–water partition coefficient (Wildman–Crippen LogP) is 5.57. The fourth-order valence-electron chi connectivity index (χ4n) is 6.09. The Morgan fingerprint density at radius 3 is 2.61 bits per heavy atom. The van der Waals surface area contributed by atoms with Gasteiger partial charge >= 0.3 is 6.09 Å². The van der Waals surface area contributed by atoms with Crippen molar-refractivity contribution >= 4 is 57.3 Å². The zero-order chi connectivity index (χ0) is 34.7. The lowest BCUT2D eigenvalue weighted by Gasteiger charge is -2.22. The molecular formula is C36H36ClN5O7. The van der Waals surface area contributed by atoms with Crippen LogP contribution in [0, 0.1) is 6.92 Å². The maximum absolute atomic E-state index is 14.2. The molecule has 0 saturated carbocycles. The van der Waals surface area contributed by atoms with Crippen LogP contribution in [0.4, 0.5) is 16.2 Å². The summed E-state index contributed by atoms with van der Waals surface area (Å²) in [6.07, 6.45) is 2.71. The van der Waals surface area contributed by atoms with Crippen LogP contribution in [0.3, 0.4) is 0 Å². The number of hydrogen-bond acceptors (Lipinski definition) is 8. The van der Waals surface area contributed by atoms with Crippen molar-refractivity contribution in [2.24, 2.45) is 0 Å². The van der Waals surface area contributed by atoms with Gasteiger partial charge in [0.25, 0.3) is 11.8 Å². The number of likely N-dealkylation sites (N-methyl/N-ethyl adjacent to an activating group) is 1. The van der Waals surface area contributed by atoms with Crippen molar-refractivity contribution in [2.75, 3.05) is 55.6 Å². The third-order valence-corrected chi connectivity index (χ3v) is 8.89. The SMILES string of the molecule is CCN(CCOCCO)C(=O)Oc1cc2c(c3c(C)cccc13)[C@H](CCl)CN2C(=O)c1cn2cc(NC(=O)c3ccc(O)cc3)ccc2n1. The van der Waals surface area contributed by atoms with Gasteiger partial charge in [-0.15, -0.1) is 11.6 Å². The number of carbonyl (C=O) groups is 3. The molecule has 0 fully saturated rings. The fourth-order valence-corrected chi connectivity index (χ4v) is 6.34. The second-order valence-electron chi connectivity index (χ2n) is 11.7. The average molecular weight is 686 g/mol. The molecule has 13 heteroatoms. The molecule has 0 bridgehead atoms. The standard InChI is InChI=1S/C36H36ClN5O7/c1-3-40(13-15-48-16-14-43)36(47)49-30-17-29-33(32-22(2)5-4-6-27(30)32)24(18-37)19-42(29)35(46)28-21-41-20-25(9-12-31(41)39-28)38-34(45)23-7-10-26(44)11-8-23/h4-12,17,20-21,24,43-44H,3,13-16,18-19H2,1-2H3,(H,38,45)/t24-/m1/s1. The Morgan fingerprint density at radius 2 is 1.88 bits per heavy atom. The topological polar surface area (TPSA) is 146 Å². The van der Waals surface area contributed by atoms with E-state index in [1.165, 1.54) is 29.2 Å². The number of fused-ring (bicyclic) bond motifs is 4. The first kappa shape index (κ1) is 33.7. The van der Waals surface area contributed by atoms with Gasteiger partial charge in [-0.05, 0) is 66.8 Å². The van der Waals surface area contributed by atoms with Crippen LogP contribution in [-0.4, -0.2) is 87.7 Å². The number of nitrogens with one attached hydrogen (secondary N) is 1. The number of aryl methyl sites for hydroxylation is 1. The molecule has 5 aromatic rings. The molecule has 3 heterocycles. The monoisotopic (exact) mass is 685 g/mol. The van der Waals surface area contributed by atoms with Crippen molar-refractivity contribution in [3.63, 3.8) is 0 Å². The summed E-state index contributed by atoms with van der Waals surface area (Å²) in [5.41, 5.74) is 4.01. The molecule has 0 saturated heterocycles. The first-order valence-corrected chi connectivity index (χ1v) is 16.4. The Balaban J connectivity index is 1.31. The van der Waals surface area contributed by atoms with Crippen LogP contribution in [0.2, 0.25) is 0 Å². The van der Waals surface area contributed by atoms with E-state index < -0.39 is 6.09 Å². The van der Waals surface area contributed by atoms with Gasteiger partial charge in [-0.3, -0.25) is 9.59 Å². The Labute approximate surface area is 287 Å². The van der Waals surface area contributed by atoms with E-state index in [1.54, 1.807) is 39.9 Å². The van der Waals surface area contributed by atoms with E-state index >= 15 is 0 Å². The Hall–Kier alpha value is -5.17. The van der Waals surface area contributed by atoms with E-state index in [0.717, 1.165) is 21.9 Å². The Bertz CT molecular complexity index is 2030. The lowest BCUT2D eigenvalue weighted by Crippen LogP contribution is -2.36. The summed E-state index contributed by atoms with van der Waals surface area (Å²) in [4.78, 5) is 47.9. The number of rotatable bonds is 11. The molecule has 1 aliphatic heterocycles. The number of phenolic OH excluding ortho intramolecular Hbond substituents is 1. The summed E-state index contributed by atoms with van der Waals surface area (Å²) in [5.74, 6) is -0.238. The Morgan fingerprint density at radius 1 is 1.08 bits per heavy atom. The van der Waals surface area contributed by atoms with E-state index in [1.807, 2.05) is 32.0 Å². The van der Waals surface area contributed by atoms with E-state index in [9.17, 15) is 19.5 Å². The summed E-state index contributed by atoms with van der Waals surface area (Å²) >= 11 is 6.51. The van der Waals surface area contributed by atoms with E-state index in [4.69, 9.17) is 26.2 Å². The summed E-state index contributed by atoms with van der Waals surface area (Å²) in [6.45, 7) is 5.11. The Kier molecular flexibility index (Phi) is 10.00. The van der Waals surface area contributed by atoms with Crippen LogP contribution >= 0.6 is 11.6 Å². The zero-order valence-corrected chi connectivity index (χ0v) is 27.8. The predicted molar refractivity (Wildman–Crippen MR) is 186 cm³/mol. The first-order valence-electron chi connectivity index (χ1n) is 15.9. The van der Waals surface area contributed by atoms with E-state index in [-0.39, 0.29) is 61.4 Å². The number of anilines is 2. The third kappa shape index (κ3) is 6.89. The van der Waals surface area contributed by atoms with Gasteiger partial charge in [0.15, 0.2) is 0 Å². The number of benzene rings is 3. The van der Waals surface area contributed by atoms with Crippen LogP contribution in [0.1, 0.15) is 44.8 Å². The van der Waals surface area contributed by atoms with Crippen LogP contribution < -0.4 is 15.0 Å². The van der Waals surface area contributed by atoms with Crippen molar-refractivity contribution in [3.05, 3.63) is 95.4 Å². The number of pyridine rings is 1. The number of aliphatic hydroxyl groups excluding tert-OH is 1. The highest BCUT2D eigenvalue weighted by molar-refractivity contribution is 6.19. The number of halogens is 1. The van der Waals surface area contributed by atoms with Crippen molar-refractivity contribution in [3.8, 4) is 11.5 Å². The average Bonchev–Trinajstić information content (AvgIpc) is 3.69. The molecule has 2 aromatic heterocycles. The molecular weight excluding hydrogens is 650 g/mol. The number of aliphatic hydroxyl groups is 1. The highest BCUT2D eigenvalue weighted by Crippen LogP contribution is 2.47. The second kappa shape index (κ2) is 14.5. The number of hydrogen-bond donors (Lipinski definition) is 3. The molecule has 0 aliphatic carbocycles. The van der Waals surface area contributed by atoms with Gasteiger partial charge in [0.05, 0.1) is 31.2 Å². The van der Waals surface area contributed by atoms with Crippen LogP contribution in [0.15, 0.2) is 73.1 Å². The molecule has 3 amide bonds. The lowest BCUT2D eigenvalue weighted by atomic mass is 9.92. The minimum absolute atomic E-state index is 0.0621. The molecule has 1 aliphatic rings. The number of imidazole rings is 1. The van der Waals surface area contributed by atoms with Gasteiger partial charge in [-0.1, -0.05) is 18.2 Å². The zero-order valence-electron chi connectivity index (χ0n) is 27.1. The maximum atomic E-state index is 14.2. The lowest BCUT2D eigenvalue weighted by molar-refractivity contribution is 0.0739. The number of alkyl halides is 1. The number of aromatic hydroxyl groups is 1. The number of nitrogens with zero attached hydrogens (tertiary/aromatic N) is 4. The largest absolute Gasteiger partial charge is 0.508 e. The minimum atomic E-state index is -0.559. The number of phenols is 1. The highest BCUT2D eigenvalue weighted by atomic mass is 35.5. The second-order valence-corrected chi connectivity index (χ2v) is 12.0. The molecule has 49 heavy (non-hydrogen) atoms. The van der Waals surface area contributed by atoms with Gasteiger partial charge in [0.2, 0.25) is 0 Å². The van der Waals surface area contributed by atoms with Crippen LogP contribution in [0.5, 0.6) is 11.5 Å². The van der Waals surface area contributed by atoms with Gasteiger partial charge in [0, 0.05) is 60.8 Å². The molecule has 1 atom stereocenters. The number of ether oxygens (including phenoxy) is 2. The molecule has 254 valence electrons. The molecule has 3 N–H and O–H groups in total. The number of aromatic nitrogens is 2. The van der Waals surface area contributed by atoms with E-state index in [0.29, 0.717) is 41.4 Å². The van der Waals surface area contributed by atoms with Crippen molar-refractivity contribution in [1.29, 1.82) is 0 Å². The minimum Gasteiger partial charge on any atom is -0.508 e. The fraction of sp³-hybridized carbons (Fsp3) is 0.278. The third-order valence-electron chi connectivity index (χ3n) is 8.52. The van der Waals surface area contributed by atoms with Crippen molar-refractivity contribution < 1.29 is 34.1 Å². The molecule has 0 unspecified atom stereocenters. The summed E-state index contributed by atoms with van der Waals surface area (Å²) in [5, 5.41) is 22.9. The molecule has 3 aromatic carbocycles. The van der Waals surface area contributed by atoms with Crippen LogP contribution in [-0.2, 0) is 4.74 Å². The number of amides is 3. The molecule has 0 radical (unpaired) electrons. The maximum Gasteiger partial charge on any atom is 0.415 e. The van der Waals surface area contributed by atoms with Crippen molar-refractivity contribution in [2.45, 2.75) is 19.8 Å². The first-order chi connectivity index (χ1) is 23.7.